The number of hydrogen-bond acceptors (Lipinski definition) is 4. The second-order valence-corrected chi connectivity index (χ2v) is 5.52. The van der Waals surface area contributed by atoms with Crippen LogP contribution in [0.1, 0.15) is 0 Å². The molecule has 3 rings (SSSR count). The van der Waals surface area contributed by atoms with Gasteiger partial charge in [-0.1, -0.05) is 40.7 Å². The molecule has 0 aliphatic carbocycles. The number of nitrogens with one attached hydrogen (secondary N) is 3. The number of hydrazine groups is 1. The summed E-state index contributed by atoms with van der Waals surface area (Å²) < 4.78 is 1.02. The molecule has 2 aromatic rings. The SMILES string of the molecule is C=C1NNC(=Nc2ccccc2)C1=NNc1ccc(Br)cc1. The molecule has 110 valence electrons. The van der Waals surface area contributed by atoms with Gasteiger partial charge in [-0.05, 0) is 36.4 Å². The predicted octanol–water partition coefficient (Wildman–Crippen LogP) is 3.57. The predicted molar refractivity (Wildman–Crippen MR) is 94.1 cm³/mol. The summed E-state index contributed by atoms with van der Waals surface area (Å²) in [6.07, 6.45) is 0. The Bertz CT molecular complexity index is 735. The number of hydrogen-bond donors (Lipinski definition) is 3. The quantitative estimate of drug-likeness (QED) is 0.737. The van der Waals surface area contributed by atoms with Crippen molar-refractivity contribution in [2.24, 2.45) is 10.1 Å². The monoisotopic (exact) mass is 355 g/mol. The number of amidine groups is 1. The highest BCUT2D eigenvalue weighted by Crippen LogP contribution is 2.15. The average Bonchev–Trinajstić information content (AvgIpc) is 2.88. The van der Waals surface area contributed by atoms with E-state index in [9.17, 15) is 0 Å². The lowest BCUT2D eigenvalue weighted by Gasteiger charge is -2.02. The maximum atomic E-state index is 4.52. The Morgan fingerprint density at radius 1 is 0.955 bits per heavy atom. The van der Waals surface area contributed by atoms with E-state index in [0.717, 1.165) is 15.8 Å². The fourth-order valence-electron chi connectivity index (χ4n) is 1.87. The first-order valence-corrected chi connectivity index (χ1v) is 7.46. The van der Waals surface area contributed by atoms with Crippen LogP contribution < -0.4 is 16.3 Å². The summed E-state index contributed by atoms with van der Waals surface area (Å²) in [6, 6.07) is 17.4. The van der Waals surface area contributed by atoms with Crippen LogP contribution in [0.25, 0.3) is 0 Å². The summed E-state index contributed by atoms with van der Waals surface area (Å²) >= 11 is 3.40. The molecule has 0 amide bonds. The fraction of sp³-hybridized carbons (Fsp3) is 0. The van der Waals surface area contributed by atoms with Crippen LogP contribution in [0.15, 0.2) is 81.4 Å². The number of benzene rings is 2. The second kappa shape index (κ2) is 6.44. The van der Waals surface area contributed by atoms with Gasteiger partial charge in [0.1, 0.15) is 0 Å². The van der Waals surface area contributed by atoms with E-state index in [1.54, 1.807) is 0 Å². The fourth-order valence-corrected chi connectivity index (χ4v) is 2.14. The largest absolute Gasteiger partial charge is 0.298 e. The Balaban J connectivity index is 1.83. The molecule has 0 bridgehead atoms. The number of halogens is 1. The normalized spacial score (nSPS) is 17.4. The van der Waals surface area contributed by atoms with Gasteiger partial charge in [0.2, 0.25) is 0 Å². The van der Waals surface area contributed by atoms with E-state index in [4.69, 9.17) is 0 Å². The molecule has 0 spiro atoms. The maximum absolute atomic E-state index is 4.52. The van der Waals surface area contributed by atoms with Crippen LogP contribution in [0.5, 0.6) is 0 Å². The molecule has 0 aromatic heterocycles. The molecule has 1 saturated heterocycles. The highest BCUT2D eigenvalue weighted by molar-refractivity contribution is 9.10. The summed E-state index contributed by atoms with van der Waals surface area (Å²) in [4.78, 5) is 4.52. The van der Waals surface area contributed by atoms with Crippen LogP contribution in [0, 0.1) is 0 Å². The van der Waals surface area contributed by atoms with E-state index in [2.05, 4.69) is 48.9 Å². The molecule has 1 aliphatic heterocycles. The van der Waals surface area contributed by atoms with Crippen molar-refractivity contribution >= 4 is 38.9 Å². The summed E-state index contributed by atoms with van der Waals surface area (Å²) in [7, 11) is 0. The van der Waals surface area contributed by atoms with Crippen molar-refractivity contribution in [2.45, 2.75) is 0 Å². The van der Waals surface area contributed by atoms with Gasteiger partial charge in [-0.3, -0.25) is 16.3 Å². The minimum absolute atomic E-state index is 0.626. The molecule has 0 radical (unpaired) electrons. The van der Waals surface area contributed by atoms with Crippen LogP contribution in [0.3, 0.4) is 0 Å². The minimum Gasteiger partial charge on any atom is -0.298 e. The van der Waals surface area contributed by atoms with Crippen LogP contribution in [0.2, 0.25) is 0 Å². The smallest absolute Gasteiger partial charge is 0.175 e. The maximum Gasteiger partial charge on any atom is 0.175 e. The molecule has 5 nitrogen and oxygen atoms in total. The number of nitrogens with zero attached hydrogens (tertiary/aromatic N) is 2. The van der Waals surface area contributed by atoms with E-state index in [1.165, 1.54) is 0 Å². The standard InChI is InChI=1S/C16H14BrN5/c1-11-15(21-20-14-9-7-12(17)8-10-14)16(22-19-11)18-13-5-3-2-4-6-13/h2-10,19-20H,1H2,(H,18,22). The lowest BCUT2D eigenvalue weighted by Crippen LogP contribution is -2.26. The van der Waals surface area contributed by atoms with E-state index in [-0.39, 0.29) is 0 Å². The van der Waals surface area contributed by atoms with Crippen molar-refractivity contribution in [3.8, 4) is 0 Å². The zero-order valence-corrected chi connectivity index (χ0v) is 13.3. The first kappa shape index (κ1) is 14.3. The molecule has 0 atom stereocenters. The van der Waals surface area contributed by atoms with E-state index in [1.807, 2.05) is 54.6 Å². The molecule has 2 aromatic carbocycles. The highest BCUT2D eigenvalue weighted by atomic mass is 79.9. The van der Waals surface area contributed by atoms with Crippen LogP contribution in [0.4, 0.5) is 11.4 Å². The highest BCUT2D eigenvalue weighted by Gasteiger charge is 2.20. The molecule has 0 saturated carbocycles. The third-order valence-electron chi connectivity index (χ3n) is 2.98. The number of aliphatic imine (C=N–C) groups is 1. The summed E-state index contributed by atoms with van der Waals surface area (Å²) in [5.74, 6) is 0.626. The van der Waals surface area contributed by atoms with Crippen molar-refractivity contribution in [2.75, 3.05) is 5.43 Å². The second-order valence-electron chi connectivity index (χ2n) is 4.60. The van der Waals surface area contributed by atoms with Gasteiger partial charge in [-0.25, -0.2) is 4.99 Å². The van der Waals surface area contributed by atoms with E-state index in [0.29, 0.717) is 17.2 Å². The Morgan fingerprint density at radius 2 is 1.68 bits per heavy atom. The first-order chi connectivity index (χ1) is 10.7. The van der Waals surface area contributed by atoms with Gasteiger partial charge >= 0.3 is 0 Å². The summed E-state index contributed by atoms with van der Waals surface area (Å²) in [5.41, 5.74) is 11.9. The number of anilines is 1. The third kappa shape index (κ3) is 3.35. The van der Waals surface area contributed by atoms with Crippen molar-refractivity contribution < 1.29 is 0 Å². The Labute approximate surface area is 137 Å². The molecule has 1 aliphatic rings. The van der Waals surface area contributed by atoms with Crippen molar-refractivity contribution in [3.63, 3.8) is 0 Å². The van der Waals surface area contributed by atoms with E-state index >= 15 is 0 Å². The molecular formula is C16H14BrN5. The average molecular weight is 356 g/mol. The summed E-state index contributed by atoms with van der Waals surface area (Å²) in [5, 5.41) is 4.38. The van der Waals surface area contributed by atoms with Gasteiger partial charge in [0.05, 0.1) is 17.1 Å². The van der Waals surface area contributed by atoms with E-state index < -0.39 is 0 Å². The molecule has 0 unspecified atom stereocenters. The van der Waals surface area contributed by atoms with Crippen LogP contribution in [-0.4, -0.2) is 11.5 Å². The van der Waals surface area contributed by atoms with Gasteiger partial charge in [0.15, 0.2) is 11.5 Å². The number of para-hydroxylation sites is 1. The van der Waals surface area contributed by atoms with Gasteiger partial charge in [-0.2, -0.15) is 5.10 Å². The molecule has 1 heterocycles. The van der Waals surface area contributed by atoms with Crippen molar-refractivity contribution in [1.82, 2.24) is 10.9 Å². The Kier molecular flexibility index (Phi) is 4.20. The lowest BCUT2D eigenvalue weighted by molar-refractivity contribution is 0.834. The van der Waals surface area contributed by atoms with Gasteiger partial charge in [0, 0.05) is 4.47 Å². The summed E-state index contributed by atoms with van der Waals surface area (Å²) in [6.45, 7) is 3.92. The zero-order valence-electron chi connectivity index (χ0n) is 11.7. The van der Waals surface area contributed by atoms with Gasteiger partial charge in [0.25, 0.3) is 0 Å². The third-order valence-corrected chi connectivity index (χ3v) is 3.51. The lowest BCUT2D eigenvalue weighted by atomic mass is 10.3. The molecule has 6 heteroatoms. The van der Waals surface area contributed by atoms with Crippen molar-refractivity contribution in [1.29, 1.82) is 0 Å². The molecule has 22 heavy (non-hydrogen) atoms. The molecule has 3 N–H and O–H groups in total. The number of rotatable bonds is 3. The zero-order chi connectivity index (χ0) is 15.4. The van der Waals surface area contributed by atoms with Crippen LogP contribution in [-0.2, 0) is 0 Å². The Hall–Kier alpha value is -2.60. The molecular weight excluding hydrogens is 342 g/mol. The van der Waals surface area contributed by atoms with Crippen LogP contribution >= 0.6 is 15.9 Å². The topological polar surface area (TPSA) is 60.8 Å². The minimum atomic E-state index is 0.626. The van der Waals surface area contributed by atoms with Gasteiger partial charge < -0.3 is 0 Å². The van der Waals surface area contributed by atoms with Crippen molar-refractivity contribution in [3.05, 3.63) is 71.3 Å². The Morgan fingerprint density at radius 3 is 2.41 bits per heavy atom. The first-order valence-electron chi connectivity index (χ1n) is 6.67. The van der Waals surface area contributed by atoms with Gasteiger partial charge in [-0.15, -0.1) is 0 Å². The molecule has 1 fully saturated rings. The number of hydrazone groups is 1.